The van der Waals surface area contributed by atoms with Gasteiger partial charge in [0.15, 0.2) is 5.52 Å². The predicted octanol–water partition coefficient (Wildman–Crippen LogP) is 2.79. The molecule has 1 aromatic carbocycles. The average molecular weight is 415 g/mol. The van der Waals surface area contributed by atoms with Crippen LogP contribution in [0.5, 0.6) is 0 Å². The quantitative estimate of drug-likeness (QED) is 0.525. The number of nitrogens with zero attached hydrogens (tertiary/aromatic N) is 2. The second-order valence-electron chi connectivity index (χ2n) is 3.48. The molecule has 0 aliphatic rings. The molecule has 0 bridgehead atoms. The van der Waals surface area contributed by atoms with Gasteiger partial charge in [-0.25, -0.2) is 4.98 Å². The third-order valence-corrected chi connectivity index (χ3v) is 4.22. The lowest BCUT2D eigenvalue weighted by Crippen LogP contribution is -2.13. The van der Waals surface area contributed by atoms with Gasteiger partial charge in [-0.15, -0.1) is 12.4 Å². The van der Waals surface area contributed by atoms with Gasteiger partial charge in [0.1, 0.15) is 4.47 Å². The molecule has 1 aromatic heterocycles. The third kappa shape index (κ3) is 3.16. The Hall–Kier alpha value is -0.900. The zero-order chi connectivity index (χ0) is 13.3. The van der Waals surface area contributed by atoms with Gasteiger partial charge in [0.05, 0.1) is 10.4 Å². The van der Waals surface area contributed by atoms with E-state index in [4.69, 9.17) is 5.73 Å². The third-order valence-electron chi connectivity index (χ3n) is 2.26. The standard InChI is InChI=1S/C9H9Br2N5O2.ClH/c10-4-3-5-7(8(6(4)11)16(17)18)15-9(14-5)13-2-1-12;/h3H,1-2,12H2,(H2,13,14,15);1H. The van der Waals surface area contributed by atoms with Crippen molar-refractivity contribution >= 4 is 66.9 Å². The van der Waals surface area contributed by atoms with Crippen LogP contribution in [0.1, 0.15) is 0 Å². The largest absolute Gasteiger partial charge is 0.355 e. The summed E-state index contributed by atoms with van der Waals surface area (Å²) >= 11 is 6.44. The van der Waals surface area contributed by atoms with Crippen LogP contribution < -0.4 is 11.1 Å². The molecule has 0 atom stereocenters. The molecular formula is C9H10Br2ClN5O2. The monoisotopic (exact) mass is 413 g/mol. The van der Waals surface area contributed by atoms with Crippen molar-refractivity contribution in [3.05, 3.63) is 25.1 Å². The van der Waals surface area contributed by atoms with E-state index in [1.54, 1.807) is 6.07 Å². The molecule has 0 unspecified atom stereocenters. The zero-order valence-electron chi connectivity index (χ0n) is 9.44. The summed E-state index contributed by atoms with van der Waals surface area (Å²) in [5, 5.41) is 14.0. The van der Waals surface area contributed by atoms with Gasteiger partial charge >= 0.3 is 5.69 Å². The Morgan fingerprint density at radius 2 is 2.21 bits per heavy atom. The van der Waals surface area contributed by atoms with E-state index in [9.17, 15) is 10.1 Å². The van der Waals surface area contributed by atoms with Gasteiger partial charge in [0.25, 0.3) is 0 Å². The smallest absolute Gasteiger partial charge is 0.312 e. The maximum absolute atomic E-state index is 11.1. The second-order valence-corrected chi connectivity index (χ2v) is 5.12. The fraction of sp³-hybridized carbons (Fsp3) is 0.222. The minimum absolute atomic E-state index is 0. The molecule has 2 aromatic rings. The molecule has 0 saturated heterocycles. The molecule has 7 nitrogen and oxygen atoms in total. The minimum Gasteiger partial charge on any atom is -0.355 e. The second kappa shape index (κ2) is 6.51. The van der Waals surface area contributed by atoms with Crippen LogP contribution in [-0.4, -0.2) is 28.0 Å². The van der Waals surface area contributed by atoms with E-state index in [0.717, 1.165) is 0 Å². The van der Waals surface area contributed by atoms with Crippen molar-refractivity contribution in [3.8, 4) is 0 Å². The number of imidazole rings is 1. The summed E-state index contributed by atoms with van der Waals surface area (Å²) in [6, 6.07) is 1.73. The first kappa shape index (κ1) is 16.2. The number of fused-ring (bicyclic) bond motifs is 1. The number of nitro benzene ring substituents is 1. The van der Waals surface area contributed by atoms with Crippen molar-refractivity contribution in [2.45, 2.75) is 0 Å². The van der Waals surface area contributed by atoms with Gasteiger partial charge < -0.3 is 16.0 Å². The lowest BCUT2D eigenvalue weighted by atomic mass is 10.3. The Morgan fingerprint density at radius 3 is 2.79 bits per heavy atom. The zero-order valence-corrected chi connectivity index (χ0v) is 13.4. The molecule has 19 heavy (non-hydrogen) atoms. The number of nitro groups is 1. The van der Waals surface area contributed by atoms with Crippen molar-refractivity contribution in [1.29, 1.82) is 0 Å². The Balaban J connectivity index is 0.00000180. The number of H-pyrrole nitrogens is 1. The average Bonchev–Trinajstić information content (AvgIpc) is 2.69. The SMILES string of the molecule is Cl.NCCNc1nc2c([N+](=O)[O-])c(Br)c(Br)cc2[nH]1. The van der Waals surface area contributed by atoms with E-state index in [-0.39, 0.29) is 18.1 Å². The number of benzene rings is 1. The Kier molecular flexibility index (Phi) is 5.53. The maximum atomic E-state index is 11.1. The molecule has 0 aliphatic heterocycles. The summed E-state index contributed by atoms with van der Waals surface area (Å²) in [5.41, 5.74) is 6.18. The molecule has 0 aliphatic carbocycles. The highest BCUT2D eigenvalue weighted by atomic mass is 79.9. The van der Waals surface area contributed by atoms with Gasteiger partial charge in [-0.3, -0.25) is 10.1 Å². The topological polar surface area (TPSA) is 110 Å². The van der Waals surface area contributed by atoms with Crippen LogP contribution in [0.4, 0.5) is 11.6 Å². The molecular weight excluding hydrogens is 405 g/mol. The highest BCUT2D eigenvalue weighted by molar-refractivity contribution is 9.13. The summed E-state index contributed by atoms with van der Waals surface area (Å²) in [7, 11) is 0. The number of aromatic nitrogens is 2. The van der Waals surface area contributed by atoms with Crippen molar-refractivity contribution < 1.29 is 4.92 Å². The summed E-state index contributed by atoms with van der Waals surface area (Å²) in [6.45, 7) is 0.989. The Labute approximate surface area is 131 Å². The summed E-state index contributed by atoms with van der Waals surface area (Å²) in [6.07, 6.45) is 0. The van der Waals surface area contributed by atoms with Crippen LogP contribution in [-0.2, 0) is 0 Å². The number of nitrogens with two attached hydrogens (primary N) is 1. The highest BCUT2D eigenvalue weighted by Crippen LogP contribution is 2.38. The predicted molar refractivity (Wildman–Crippen MR) is 82.9 cm³/mol. The van der Waals surface area contributed by atoms with Crippen molar-refractivity contribution in [3.63, 3.8) is 0 Å². The molecule has 1 heterocycles. The molecule has 104 valence electrons. The van der Waals surface area contributed by atoms with E-state index in [0.29, 0.717) is 39.0 Å². The van der Waals surface area contributed by atoms with E-state index >= 15 is 0 Å². The van der Waals surface area contributed by atoms with E-state index in [1.807, 2.05) is 0 Å². The van der Waals surface area contributed by atoms with Gasteiger partial charge in [-0.2, -0.15) is 0 Å². The lowest BCUT2D eigenvalue weighted by molar-refractivity contribution is -0.384. The number of nitrogens with one attached hydrogen (secondary N) is 2. The maximum Gasteiger partial charge on any atom is 0.312 e. The number of anilines is 1. The van der Waals surface area contributed by atoms with Crippen LogP contribution >= 0.6 is 44.3 Å². The van der Waals surface area contributed by atoms with Gasteiger partial charge in [0, 0.05) is 17.6 Å². The first-order valence-electron chi connectivity index (χ1n) is 5.00. The molecule has 0 saturated carbocycles. The summed E-state index contributed by atoms with van der Waals surface area (Å²) in [5.74, 6) is 0.462. The Bertz CT molecular complexity index is 618. The van der Waals surface area contributed by atoms with Crippen molar-refractivity contribution in [2.75, 3.05) is 18.4 Å². The minimum atomic E-state index is -0.468. The van der Waals surface area contributed by atoms with Crippen LogP contribution in [0.3, 0.4) is 0 Å². The number of aromatic amines is 1. The highest BCUT2D eigenvalue weighted by Gasteiger charge is 2.23. The molecule has 0 spiro atoms. The van der Waals surface area contributed by atoms with E-state index < -0.39 is 4.92 Å². The molecule has 10 heteroatoms. The fourth-order valence-electron chi connectivity index (χ4n) is 1.52. The van der Waals surface area contributed by atoms with Crippen LogP contribution in [0, 0.1) is 10.1 Å². The molecule has 2 rings (SSSR count). The Morgan fingerprint density at radius 1 is 1.53 bits per heavy atom. The van der Waals surface area contributed by atoms with E-state index in [1.165, 1.54) is 0 Å². The first-order valence-corrected chi connectivity index (χ1v) is 6.59. The van der Waals surface area contributed by atoms with Crippen LogP contribution in [0.25, 0.3) is 11.0 Å². The van der Waals surface area contributed by atoms with Gasteiger partial charge in [-0.1, -0.05) is 0 Å². The first-order chi connectivity index (χ1) is 8.54. The molecule has 0 fully saturated rings. The number of halogens is 3. The van der Waals surface area contributed by atoms with Crippen molar-refractivity contribution in [2.24, 2.45) is 5.73 Å². The van der Waals surface area contributed by atoms with Crippen molar-refractivity contribution in [1.82, 2.24) is 9.97 Å². The number of hydrogen-bond acceptors (Lipinski definition) is 5. The van der Waals surface area contributed by atoms with E-state index in [2.05, 4.69) is 47.1 Å². The van der Waals surface area contributed by atoms with Crippen LogP contribution in [0.2, 0.25) is 0 Å². The van der Waals surface area contributed by atoms with Gasteiger partial charge in [-0.05, 0) is 37.9 Å². The number of rotatable bonds is 4. The fourth-order valence-corrected chi connectivity index (χ4v) is 2.38. The molecule has 0 amide bonds. The summed E-state index contributed by atoms with van der Waals surface area (Å²) in [4.78, 5) is 17.7. The summed E-state index contributed by atoms with van der Waals surface area (Å²) < 4.78 is 0.965. The van der Waals surface area contributed by atoms with Crippen LogP contribution in [0.15, 0.2) is 15.0 Å². The number of hydrogen-bond donors (Lipinski definition) is 3. The van der Waals surface area contributed by atoms with Gasteiger partial charge in [0.2, 0.25) is 5.95 Å². The molecule has 4 N–H and O–H groups in total. The molecule has 0 radical (unpaired) electrons. The normalized spacial score (nSPS) is 10.3. The lowest BCUT2D eigenvalue weighted by Gasteiger charge is -1.98.